The molecule has 1 aromatic carbocycles. The Morgan fingerprint density at radius 3 is 2.80 bits per heavy atom. The van der Waals surface area contributed by atoms with Crippen molar-refractivity contribution < 1.29 is 14.4 Å². The predicted octanol–water partition coefficient (Wildman–Crippen LogP) is 3.50. The zero-order valence-corrected chi connectivity index (χ0v) is 11.5. The van der Waals surface area contributed by atoms with Gasteiger partial charge in [-0.25, -0.2) is 0 Å². The van der Waals surface area contributed by atoms with Crippen molar-refractivity contribution in [2.45, 2.75) is 38.0 Å². The Morgan fingerprint density at radius 2 is 2.05 bits per heavy atom. The quantitative estimate of drug-likeness (QED) is 0.927. The van der Waals surface area contributed by atoms with Crippen LogP contribution in [-0.2, 0) is 0 Å². The molecule has 1 fully saturated rings. The highest BCUT2D eigenvalue weighted by Crippen LogP contribution is 2.35. The van der Waals surface area contributed by atoms with Gasteiger partial charge >= 0.3 is 0 Å². The van der Waals surface area contributed by atoms with Gasteiger partial charge in [0.15, 0.2) is 5.82 Å². The SMILES string of the molecule is COc1ccc(O)c(-c2nc(C3CCCCC3)no2)c1. The summed E-state index contributed by atoms with van der Waals surface area (Å²) in [6, 6.07) is 4.96. The van der Waals surface area contributed by atoms with Crippen LogP contribution >= 0.6 is 0 Å². The Bertz CT molecular complexity index is 589. The first-order chi connectivity index (χ1) is 9.78. The van der Waals surface area contributed by atoms with Gasteiger partial charge in [0.2, 0.25) is 0 Å². The number of phenolic OH excluding ortho intramolecular Hbond substituents is 1. The van der Waals surface area contributed by atoms with Gasteiger partial charge in [0, 0.05) is 5.92 Å². The Morgan fingerprint density at radius 1 is 1.25 bits per heavy atom. The van der Waals surface area contributed by atoms with E-state index in [-0.39, 0.29) is 5.75 Å². The van der Waals surface area contributed by atoms with E-state index in [2.05, 4.69) is 10.1 Å². The molecule has 0 atom stereocenters. The van der Waals surface area contributed by atoms with Crippen molar-refractivity contribution >= 4 is 0 Å². The lowest BCUT2D eigenvalue weighted by Gasteiger charge is -2.17. The van der Waals surface area contributed by atoms with Crippen molar-refractivity contribution in [3.8, 4) is 23.0 Å². The smallest absolute Gasteiger partial charge is 0.261 e. The van der Waals surface area contributed by atoms with Gasteiger partial charge in [0.05, 0.1) is 12.7 Å². The molecule has 5 heteroatoms. The molecule has 20 heavy (non-hydrogen) atoms. The van der Waals surface area contributed by atoms with Crippen LogP contribution in [0.3, 0.4) is 0 Å². The number of aromatic nitrogens is 2. The van der Waals surface area contributed by atoms with Crippen LogP contribution in [0.15, 0.2) is 22.7 Å². The van der Waals surface area contributed by atoms with E-state index in [9.17, 15) is 5.11 Å². The molecule has 1 aliphatic carbocycles. The predicted molar refractivity (Wildman–Crippen MR) is 73.8 cm³/mol. The molecular formula is C15H18N2O3. The molecule has 0 saturated heterocycles. The summed E-state index contributed by atoms with van der Waals surface area (Å²) in [5, 5.41) is 14.0. The van der Waals surface area contributed by atoms with Gasteiger partial charge in [0.25, 0.3) is 5.89 Å². The fraction of sp³-hybridized carbons (Fsp3) is 0.467. The van der Waals surface area contributed by atoms with Gasteiger partial charge in [-0.2, -0.15) is 4.98 Å². The fourth-order valence-corrected chi connectivity index (χ4v) is 2.68. The maximum absolute atomic E-state index is 9.92. The van der Waals surface area contributed by atoms with E-state index in [0.717, 1.165) is 18.7 Å². The molecule has 1 N–H and O–H groups in total. The summed E-state index contributed by atoms with van der Waals surface area (Å²) in [5.41, 5.74) is 0.513. The van der Waals surface area contributed by atoms with Gasteiger partial charge in [-0.15, -0.1) is 0 Å². The standard InChI is InChI=1S/C15H18N2O3/c1-19-11-7-8-13(18)12(9-11)15-16-14(17-20-15)10-5-3-2-4-6-10/h7-10,18H,2-6H2,1H3. The molecule has 0 radical (unpaired) electrons. The molecule has 1 aliphatic rings. The first kappa shape index (κ1) is 13.0. The summed E-state index contributed by atoms with van der Waals surface area (Å²) >= 11 is 0. The lowest BCUT2D eigenvalue weighted by atomic mass is 9.89. The minimum atomic E-state index is 0.115. The number of methoxy groups -OCH3 is 1. The zero-order valence-electron chi connectivity index (χ0n) is 11.5. The number of aromatic hydroxyl groups is 1. The lowest BCUT2D eigenvalue weighted by Crippen LogP contribution is -2.06. The van der Waals surface area contributed by atoms with E-state index in [1.54, 1.807) is 25.3 Å². The van der Waals surface area contributed by atoms with Gasteiger partial charge in [0.1, 0.15) is 11.5 Å². The third-order valence-electron chi connectivity index (χ3n) is 3.85. The topological polar surface area (TPSA) is 68.4 Å². The second-order valence-electron chi connectivity index (χ2n) is 5.18. The minimum Gasteiger partial charge on any atom is -0.507 e. The summed E-state index contributed by atoms with van der Waals surface area (Å²) in [7, 11) is 1.58. The fourth-order valence-electron chi connectivity index (χ4n) is 2.68. The molecule has 1 aromatic heterocycles. The normalized spacial score (nSPS) is 16.2. The Hall–Kier alpha value is -2.04. The zero-order chi connectivity index (χ0) is 13.9. The minimum absolute atomic E-state index is 0.115. The van der Waals surface area contributed by atoms with E-state index in [0.29, 0.717) is 23.1 Å². The van der Waals surface area contributed by atoms with Crippen LogP contribution in [0.2, 0.25) is 0 Å². The Balaban J connectivity index is 1.89. The Kier molecular flexibility index (Phi) is 3.58. The van der Waals surface area contributed by atoms with E-state index in [4.69, 9.17) is 9.26 Å². The van der Waals surface area contributed by atoms with Crippen molar-refractivity contribution in [1.82, 2.24) is 10.1 Å². The number of hydrogen-bond donors (Lipinski definition) is 1. The number of ether oxygens (including phenoxy) is 1. The number of nitrogens with zero attached hydrogens (tertiary/aromatic N) is 2. The van der Waals surface area contributed by atoms with Crippen molar-refractivity contribution in [1.29, 1.82) is 0 Å². The average Bonchev–Trinajstić information content (AvgIpc) is 2.98. The first-order valence-electron chi connectivity index (χ1n) is 6.99. The first-order valence-corrected chi connectivity index (χ1v) is 6.99. The van der Waals surface area contributed by atoms with E-state index < -0.39 is 0 Å². The number of benzene rings is 1. The van der Waals surface area contributed by atoms with Crippen molar-refractivity contribution in [3.05, 3.63) is 24.0 Å². The van der Waals surface area contributed by atoms with Gasteiger partial charge in [-0.05, 0) is 31.0 Å². The van der Waals surface area contributed by atoms with Crippen LogP contribution < -0.4 is 4.74 Å². The molecule has 1 heterocycles. The van der Waals surface area contributed by atoms with Gasteiger partial charge in [-0.3, -0.25) is 0 Å². The van der Waals surface area contributed by atoms with Crippen LogP contribution in [0, 0.1) is 0 Å². The van der Waals surface area contributed by atoms with E-state index in [1.165, 1.54) is 19.3 Å². The summed E-state index contributed by atoms with van der Waals surface area (Å²) in [5.74, 6) is 2.25. The molecule has 3 rings (SSSR count). The molecular weight excluding hydrogens is 256 g/mol. The highest BCUT2D eigenvalue weighted by atomic mass is 16.5. The third kappa shape index (κ3) is 2.48. The average molecular weight is 274 g/mol. The van der Waals surface area contributed by atoms with E-state index in [1.807, 2.05) is 0 Å². The number of hydrogen-bond acceptors (Lipinski definition) is 5. The number of rotatable bonds is 3. The summed E-state index contributed by atoms with van der Waals surface area (Å²) in [6.45, 7) is 0. The van der Waals surface area contributed by atoms with Crippen LogP contribution in [0.5, 0.6) is 11.5 Å². The molecule has 0 aliphatic heterocycles. The largest absolute Gasteiger partial charge is 0.507 e. The lowest BCUT2D eigenvalue weighted by molar-refractivity contribution is 0.383. The monoisotopic (exact) mass is 274 g/mol. The maximum Gasteiger partial charge on any atom is 0.261 e. The van der Waals surface area contributed by atoms with Gasteiger partial charge < -0.3 is 14.4 Å². The Labute approximate surface area is 117 Å². The second kappa shape index (κ2) is 5.53. The molecule has 0 spiro atoms. The van der Waals surface area contributed by atoms with Crippen LogP contribution in [-0.4, -0.2) is 22.4 Å². The van der Waals surface area contributed by atoms with E-state index >= 15 is 0 Å². The second-order valence-corrected chi connectivity index (χ2v) is 5.18. The molecule has 106 valence electrons. The molecule has 0 unspecified atom stereocenters. The maximum atomic E-state index is 9.92. The van der Waals surface area contributed by atoms with Crippen LogP contribution in [0.1, 0.15) is 43.8 Å². The molecule has 0 bridgehead atoms. The third-order valence-corrected chi connectivity index (χ3v) is 3.85. The van der Waals surface area contributed by atoms with Gasteiger partial charge in [-0.1, -0.05) is 24.4 Å². The molecule has 1 saturated carbocycles. The highest BCUT2D eigenvalue weighted by Gasteiger charge is 2.22. The number of phenols is 1. The summed E-state index contributed by atoms with van der Waals surface area (Å²) < 4.78 is 10.5. The van der Waals surface area contributed by atoms with Crippen molar-refractivity contribution in [2.24, 2.45) is 0 Å². The highest BCUT2D eigenvalue weighted by molar-refractivity contribution is 5.64. The van der Waals surface area contributed by atoms with Crippen molar-refractivity contribution in [3.63, 3.8) is 0 Å². The molecule has 5 nitrogen and oxygen atoms in total. The molecule has 2 aromatic rings. The van der Waals surface area contributed by atoms with Crippen LogP contribution in [0.25, 0.3) is 11.5 Å². The summed E-state index contributed by atoms with van der Waals surface area (Å²) in [4.78, 5) is 4.45. The van der Waals surface area contributed by atoms with Crippen LogP contribution in [0.4, 0.5) is 0 Å². The molecule has 0 amide bonds. The van der Waals surface area contributed by atoms with Crippen molar-refractivity contribution in [2.75, 3.05) is 7.11 Å². The summed E-state index contributed by atoms with van der Waals surface area (Å²) in [6.07, 6.45) is 5.96.